The van der Waals surface area contributed by atoms with Crippen molar-refractivity contribution < 1.29 is 104 Å². The summed E-state index contributed by atoms with van der Waals surface area (Å²) in [6.45, 7) is -2.45. The van der Waals surface area contributed by atoms with Crippen LogP contribution in [0.2, 0.25) is 0 Å². The molecular formula is C22H30O21. The lowest BCUT2D eigenvalue weighted by molar-refractivity contribution is -0.196. The largest absolute Gasteiger partial charge is 0.481 e. The molecule has 0 aliphatic heterocycles. The Bertz CT molecular complexity index is 1040. The van der Waals surface area contributed by atoms with Crippen LogP contribution >= 0.6 is 0 Å². The Balaban J connectivity index is 6.07. The fraction of sp³-hybridized carbons (Fsp3) is 0.636. The van der Waals surface area contributed by atoms with Gasteiger partial charge in [-0.1, -0.05) is 0 Å². The van der Waals surface area contributed by atoms with E-state index in [0.29, 0.717) is 0 Å². The number of carboxylic acids is 3. The first-order chi connectivity index (χ1) is 19.8. The fourth-order valence-electron chi connectivity index (χ4n) is 3.16. The number of aldehydes is 2. The minimum absolute atomic E-state index is 0.227. The van der Waals surface area contributed by atoms with Gasteiger partial charge in [0.25, 0.3) is 0 Å². The van der Waals surface area contributed by atoms with E-state index in [1.807, 2.05) is 0 Å². The maximum absolute atomic E-state index is 12.7. The third-order valence-electron chi connectivity index (χ3n) is 5.39. The molecule has 43 heavy (non-hydrogen) atoms. The van der Waals surface area contributed by atoms with E-state index in [2.05, 4.69) is 14.2 Å². The van der Waals surface area contributed by atoms with Gasteiger partial charge < -0.3 is 65.3 Å². The number of carbonyl (C=O) groups is 8. The molecule has 8 atom stereocenters. The van der Waals surface area contributed by atoms with Crippen molar-refractivity contribution in [2.45, 2.75) is 73.5 Å². The van der Waals surface area contributed by atoms with Crippen LogP contribution in [0.1, 0.15) is 25.7 Å². The van der Waals surface area contributed by atoms with E-state index in [1.165, 1.54) is 0 Å². The summed E-state index contributed by atoms with van der Waals surface area (Å²) in [5.74, 6) is -11.8. The highest BCUT2D eigenvalue weighted by Gasteiger charge is 2.47. The zero-order valence-electron chi connectivity index (χ0n) is 21.8. The topological polar surface area (TPSA) is 367 Å². The van der Waals surface area contributed by atoms with E-state index in [4.69, 9.17) is 20.4 Å². The van der Waals surface area contributed by atoms with Gasteiger partial charge in [-0.2, -0.15) is 0 Å². The molecule has 0 amide bonds. The Labute approximate surface area is 239 Å². The number of carbonyl (C=O) groups excluding carboxylic acids is 5. The zero-order valence-corrected chi connectivity index (χ0v) is 21.8. The molecule has 0 bridgehead atoms. The molecule has 0 aliphatic rings. The third-order valence-corrected chi connectivity index (χ3v) is 5.39. The predicted octanol–water partition coefficient (Wildman–Crippen LogP) is -6.54. The number of esters is 3. The Morgan fingerprint density at radius 2 is 1.07 bits per heavy atom. The highest BCUT2D eigenvalue weighted by molar-refractivity contribution is 5.91. The molecule has 21 heteroatoms. The second-order valence-corrected chi connectivity index (χ2v) is 8.90. The summed E-state index contributed by atoms with van der Waals surface area (Å²) >= 11 is 0. The van der Waals surface area contributed by atoms with E-state index < -0.39 is 123 Å². The molecule has 0 fully saturated rings. The van der Waals surface area contributed by atoms with Gasteiger partial charge in [0.2, 0.25) is 0 Å². The van der Waals surface area contributed by atoms with E-state index in [1.54, 1.807) is 0 Å². The summed E-state index contributed by atoms with van der Waals surface area (Å²) in [4.78, 5) is 93.4. The summed E-state index contributed by atoms with van der Waals surface area (Å²) in [5.41, 5.74) is -6.71. The summed E-state index contributed by atoms with van der Waals surface area (Å²) in [7, 11) is 0. The molecule has 0 saturated heterocycles. The molecule has 10 N–H and O–H groups in total. The number of aliphatic hydroxyl groups is 7. The Kier molecular flexibility index (Phi) is 15.5. The van der Waals surface area contributed by atoms with Crippen LogP contribution in [0.3, 0.4) is 0 Å². The molecular weight excluding hydrogens is 600 g/mol. The first-order valence-electron chi connectivity index (χ1n) is 11.7. The number of rotatable bonds is 21. The molecule has 21 nitrogen and oxygen atoms in total. The number of carboxylic acid groups (broad SMARTS) is 3. The number of aliphatic hydroxyl groups excluding tert-OH is 5. The lowest BCUT2D eigenvalue weighted by atomic mass is 9.95. The van der Waals surface area contributed by atoms with Crippen molar-refractivity contribution in [3.05, 3.63) is 0 Å². The minimum atomic E-state index is -3.44. The average molecular weight is 630 g/mol. The third kappa shape index (κ3) is 12.0. The number of hydrogen-bond acceptors (Lipinski definition) is 18. The van der Waals surface area contributed by atoms with Gasteiger partial charge >= 0.3 is 35.8 Å². The Hall–Kier alpha value is -4.12. The first-order valence-corrected chi connectivity index (χ1v) is 11.7. The highest BCUT2D eigenvalue weighted by Crippen LogP contribution is 2.23. The van der Waals surface area contributed by atoms with Crippen LogP contribution < -0.4 is 0 Å². The van der Waals surface area contributed by atoms with Crippen LogP contribution in [-0.4, -0.2) is 160 Å². The van der Waals surface area contributed by atoms with E-state index in [9.17, 15) is 69.0 Å². The van der Waals surface area contributed by atoms with Crippen LogP contribution in [0.4, 0.5) is 0 Å². The summed E-state index contributed by atoms with van der Waals surface area (Å²) in [6, 6.07) is 0. The lowest BCUT2D eigenvalue weighted by Crippen LogP contribution is -2.52. The van der Waals surface area contributed by atoms with Crippen molar-refractivity contribution >= 4 is 48.4 Å². The van der Waals surface area contributed by atoms with Crippen molar-refractivity contribution in [2.75, 3.05) is 13.2 Å². The second-order valence-electron chi connectivity index (χ2n) is 8.90. The quantitative estimate of drug-likeness (QED) is 0.0320. The van der Waals surface area contributed by atoms with Crippen molar-refractivity contribution in [1.29, 1.82) is 0 Å². The Morgan fingerprint density at radius 3 is 1.49 bits per heavy atom. The maximum atomic E-state index is 12.7. The number of aliphatic carboxylic acids is 3. The monoisotopic (exact) mass is 630 g/mol. The van der Waals surface area contributed by atoms with Crippen molar-refractivity contribution in [2.24, 2.45) is 0 Å². The molecule has 0 rings (SSSR count). The molecule has 244 valence electrons. The van der Waals surface area contributed by atoms with Gasteiger partial charge in [-0.3, -0.25) is 28.8 Å². The highest BCUT2D eigenvalue weighted by atomic mass is 16.6. The normalized spacial score (nSPS) is 18.1. The average Bonchev–Trinajstić information content (AvgIpc) is 2.90. The van der Waals surface area contributed by atoms with Crippen molar-refractivity contribution in [1.82, 2.24) is 0 Å². The summed E-state index contributed by atoms with van der Waals surface area (Å²) in [6.07, 6.45) is -20.8. The SMILES string of the molecule is O=C[C@H](OC(=O)CC(O)(CC(=O)O)C(=O)O[C@@H](C=O)[C@@H](OC(=O)CC(O)(CC(=O)O)C(=O)O)[C@H](O)CO)[C@@H](O)[C@H](O)CO. The molecule has 2 unspecified atom stereocenters. The smallest absolute Gasteiger partial charge is 0.340 e. The molecule has 0 saturated carbocycles. The molecule has 0 spiro atoms. The van der Waals surface area contributed by atoms with E-state index in [-0.39, 0.29) is 12.6 Å². The van der Waals surface area contributed by atoms with Crippen LogP contribution in [-0.2, 0) is 52.6 Å². The fourth-order valence-corrected chi connectivity index (χ4v) is 3.16. The number of ether oxygens (including phenoxy) is 3. The van der Waals surface area contributed by atoms with E-state index >= 15 is 0 Å². The van der Waals surface area contributed by atoms with Gasteiger partial charge in [-0.25, -0.2) is 9.59 Å². The molecule has 0 aromatic rings. The predicted molar refractivity (Wildman–Crippen MR) is 125 cm³/mol. The van der Waals surface area contributed by atoms with Crippen LogP contribution in [0.25, 0.3) is 0 Å². The van der Waals surface area contributed by atoms with Gasteiger partial charge in [-0.05, 0) is 0 Å². The summed E-state index contributed by atoms with van der Waals surface area (Å²) < 4.78 is 13.7. The van der Waals surface area contributed by atoms with Gasteiger partial charge in [0.1, 0.15) is 18.3 Å². The second kappa shape index (κ2) is 17.1. The van der Waals surface area contributed by atoms with Gasteiger partial charge in [0.05, 0.1) is 38.9 Å². The molecule has 0 radical (unpaired) electrons. The van der Waals surface area contributed by atoms with Crippen LogP contribution in [0.5, 0.6) is 0 Å². The van der Waals surface area contributed by atoms with Gasteiger partial charge in [-0.15, -0.1) is 0 Å². The van der Waals surface area contributed by atoms with Crippen LogP contribution in [0.15, 0.2) is 0 Å². The maximum Gasteiger partial charge on any atom is 0.340 e. The van der Waals surface area contributed by atoms with Gasteiger partial charge in [0, 0.05) is 0 Å². The van der Waals surface area contributed by atoms with Crippen molar-refractivity contribution in [3.63, 3.8) is 0 Å². The van der Waals surface area contributed by atoms with Crippen molar-refractivity contribution in [3.8, 4) is 0 Å². The Morgan fingerprint density at radius 1 is 0.628 bits per heavy atom. The molecule has 0 heterocycles. The zero-order chi connectivity index (χ0) is 33.7. The first kappa shape index (κ1) is 38.9. The standard InChI is InChI=1S/C22H30O21/c23-5-9(27)17(35)11(7-25)41-15(33)4-22(40,2-14(31)32)20(38)42-12(8-26)18(10(28)6-24)43-16(34)3-21(39,19(36)37)1-13(29)30/h7-12,17-18,23-24,27-28,35,39-40H,1-6H2,(H,29,30)(H,31,32)(H,36,37)/t9-,10-,11+,12+,17+,18+,21?,22?/m1/s1. The number of hydrogen-bond donors (Lipinski definition) is 10. The molecule has 0 aromatic carbocycles. The van der Waals surface area contributed by atoms with Gasteiger partial charge in [0.15, 0.2) is 42.1 Å². The van der Waals surface area contributed by atoms with E-state index in [0.717, 1.165) is 0 Å². The summed E-state index contributed by atoms with van der Waals surface area (Å²) in [5, 5.41) is 94.7. The van der Waals surface area contributed by atoms with Crippen LogP contribution in [0, 0.1) is 0 Å². The minimum Gasteiger partial charge on any atom is -0.481 e. The lowest BCUT2D eigenvalue weighted by Gasteiger charge is -2.31. The molecule has 0 aliphatic carbocycles. The molecule has 0 aromatic heterocycles.